The maximum Gasteiger partial charge on any atom is 0.0649 e. The lowest BCUT2D eigenvalue weighted by atomic mass is 10.1. The van der Waals surface area contributed by atoms with Crippen LogP contribution in [-0.2, 0) is 6.54 Å². The fraction of sp³-hybridized carbons (Fsp3) is 0.294. The van der Waals surface area contributed by atoms with Crippen molar-refractivity contribution in [3.05, 3.63) is 53.1 Å². The van der Waals surface area contributed by atoms with E-state index >= 15 is 0 Å². The molecule has 0 fully saturated rings. The Morgan fingerprint density at radius 2 is 1.81 bits per heavy atom. The molecule has 1 N–H and O–H groups in total. The molecule has 0 aromatic heterocycles. The number of anilines is 3. The molecule has 0 radical (unpaired) electrons. The maximum atomic E-state index is 6.52. The highest BCUT2D eigenvalue weighted by Gasteiger charge is 2.22. The molecular formula is C17H20ClN3. The molecular weight excluding hydrogens is 282 g/mol. The van der Waals surface area contributed by atoms with Gasteiger partial charge in [0.15, 0.2) is 0 Å². The quantitative estimate of drug-likeness (QED) is 0.933. The lowest BCUT2D eigenvalue weighted by Crippen LogP contribution is -2.36. The molecule has 0 aliphatic carbocycles. The van der Waals surface area contributed by atoms with Crippen LogP contribution >= 0.6 is 11.6 Å². The van der Waals surface area contributed by atoms with E-state index < -0.39 is 0 Å². The summed E-state index contributed by atoms with van der Waals surface area (Å²) in [6, 6.07) is 14.8. The van der Waals surface area contributed by atoms with Gasteiger partial charge < -0.3 is 15.1 Å². The minimum Gasteiger partial charge on any atom is -0.371 e. The molecule has 0 atom stereocenters. The van der Waals surface area contributed by atoms with E-state index in [-0.39, 0.29) is 0 Å². The Balaban J connectivity index is 2.00. The number of halogens is 1. The molecule has 4 heteroatoms. The minimum atomic E-state index is 0.808. The molecule has 1 heterocycles. The third-order valence-corrected chi connectivity index (χ3v) is 4.23. The number of benzene rings is 2. The van der Waals surface area contributed by atoms with E-state index in [4.69, 9.17) is 11.6 Å². The molecule has 0 bridgehead atoms. The summed E-state index contributed by atoms with van der Waals surface area (Å²) in [7, 11) is 4.08. The molecule has 21 heavy (non-hydrogen) atoms. The van der Waals surface area contributed by atoms with Gasteiger partial charge in [0.25, 0.3) is 0 Å². The number of para-hydroxylation sites is 2. The lowest BCUT2D eigenvalue weighted by Gasteiger charge is -2.37. The summed E-state index contributed by atoms with van der Waals surface area (Å²) in [5.74, 6) is 0. The van der Waals surface area contributed by atoms with E-state index in [1.54, 1.807) is 0 Å². The van der Waals surface area contributed by atoms with Gasteiger partial charge in [0.2, 0.25) is 0 Å². The Hall–Kier alpha value is -1.71. The average Bonchev–Trinajstić information content (AvgIpc) is 2.49. The van der Waals surface area contributed by atoms with Crippen molar-refractivity contribution in [2.75, 3.05) is 37.0 Å². The number of nitrogens with zero attached hydrogens (tertiary/aromatic N) is 2. The topological polar surface area (TPSA) is 18.5 Å². The predicted octanol–water partition coefficient (Wildman–Crippen LogP) is 3.65. The molecule has 0 saturated carbocycles. The number of hydrogen-bond acceptors (Lipinski definition) is 3. The highest BCUT2D eigenvalue weighted by atomic mass is 35.5. The van der Waals surface area contributed by atoms with Gasteiger partial charge in [-0.05, 0) is 36.9 Å². The van der Waals surface area contributed by atoms with Gasteiger partial charge in [-0.25, -0.2) is 0 Å². The number of nitrogens with one attached hydrogen (secondary N) is 1. The molecule has 2 aromatic rings. The summed E-state index contributed by atoms with van der Waals surface area (Å²) in [6.45, 7) is 2.77. The van der Waals surface area contributed by atoms with E-state index in [0.29, 0.717) is 0 Å². The van der Waals surface area contributed by atoms with Gasteiger partial charge in [-0.2, -0.15) is 0 Å². The van der Waals surface area contributed by atoms with Crippen molar-refractivity contribution in [1.82, 2.24) is 5.32 Å². The zero-order valence-corrected chi connectivity index (χ0v) is 13.2. The normalized spacial score (nSPS) is 14.2. The monoisotopic (exact) mass is 301 g/mol. The van der Waals surface area contributed by atoms with Crippen LogP contribution in [0.1, 0.15) is 5.56 Å². The van der Waals surface area contributed by atoms with Gasteiger partial charge in [-0.3, -0.25) is 0 Å². The molecule has 3 nitrogen and oxygen atoms in total. The second kappa shape index (κ2) is 5.96. The van der Waals surface area contributed by atoms with Gasteiger partial charge in [0, 0.05) is 26.7 Å². The van der Waals surface area contributed by atoms with Crippen molar-refractivity contribution in [2.24, 2.45) is 0 Å². The van der Waals surface area contributed by atoms with Gasteiger partial charge in [0.1, 0.15) is 0 Å². The van der Waals surface area contributed by atoms with Crippen LogP contribution < -0.4 is 15.1 Å². The van der Waals surface area contributed by atoms with Crippen LogP contribution in [0.15, 0.2) is 42.5 Å². The van der Waals surface area contributed by atoms with Crippen molar-refractivity contribution in [3.8, 4) is 0 Å². The number of rotatable bonds is 3. The summed E-state index contributed by atoms with van der Waals surface area (Å²) >= 11 is 6.52. The molecule has 1 aliphatic rings. The van der Waals surface area contributed by atoms with E-state index in [1.807, 2.05) is 13.1 Å². The van der Waals surface area contributed by atoms with Crippen LogP contribution in [-0.4, -0.2) is 27.2 Å². The van der Waals surface area contributed by atoms with Gasteiger partial charge in [0.05, 0.1) is 22.1 Å². The standard InChI is InChI=1S/C17H20ClN3/c1-19-12-13-7-8-15(14(18)11-13)21-10-9-20(2)16-5-3-4-6-17(16)21/h3-8,11,19H,9-10,12H2,1-2H3. The molecule has 0 unspecified atom stereocenters. The Morgan fingerprint density at radius 3 is 2.52 bits per heavy atom. The first-order valence-corrected chi connectivity index (χ1v) is 7.59. The summed E-state index contributed by atoms with van der Waals surface area (Å²) in [6.07, 6.45) is 0. The van der Waals surface area contributed by atoms with Crippen molar-refractivity contribution in [3.63, 3.8) is 0 Å². The predicted molar refractivity (Wildman–Crippen MR) is 90.9 cm³/mol. The van der Waals surface area contributed by atoms with E-state index in [1.165, 1.54) is 16.9 Å². The van der Waals surface area contributed by atoms with Crippen LogP contribution in [0.4, 0.5) is 17.1 Å². The van der Waals surface area contributed by atoms with Gasteiger partial charge in [-0.1, -0.05) is 29.8 Å². The summed E-state index contributed by atoms with van der Waals surface area (Å²) in [5, 5.41) is 3.96. The lowest BCUT2D eigenvalue weighted by molar-refractivity contribution is 0.812. The average molecular weight is 302 g/mol. The molecule has 0 amide bonds. The van der Waals surface area contributed by atoms with Gasteiger partial charge in [-0.15, -0.1) is 0 Å². The molecule has 3 rings (SSSR count). The Morgan fingerprint density at radius 1 is 1.05 bits per heavy atom. The molecule has 2 aromatic carbocycles. The Labute approximate surface area is 131 Å². The number of hydrogen-bond donors (Lipinski definition) is 1. The molecule has 110 valence electrons. The van der Waals surface area contributed by atoms with E-state index in [2.05, 4.69) is 58.6 Å². The van der Waals surface area contributed by atoms with Crippen LogP contribution in [0.5, 0.6) is 0 Å². The first-order valence-electron chi connectivity index (χ1n) is 7.21. The van der Waals surface area contributed by atoms with E-state index in [9.17, 15) is 0 Å². The summed E-state index contributed by atoms with van der Waals surface area (Å²) in [4.78, 5) is 4.59. The largest absolute Gasteiger partial charge is 0.371 e. The third kappa shape index (κ3) is 2.71. The van der Waals surface area contributed by atoms with Crippen molar-refractivity contribution < 1.29 is 0 Å². The highest BCUT2D eigenvalue weighted by molar-refractivity contribution is 6.33. The zero-order valence-electron chi connectivity index (χ0n) is 12.4. The molecule has 0 spiro atoms. The summed E-state index contributed by atoms with van der Waals surface area (Å²) < 4.78 is 0. The van der Waals surface area contributed by atoms with Gasteiger partial charge >= 0.3 is 0 Å². The fourth-order valence-corrected chi connectivity index (χ4v) is 3.14. The van der Waals surface area contributed by atoms with Crippen molar-refractivity contribution in [1.29, 1.82) is 0 Å². The fourth-order valence-electron chi connectivity index (χ4n) is 2.84. The second-order valence-corrected chi connectivity index (χ2v) is 5.79. The zero-order chi connectivity index (χ0) is 14.8. The third-order valence-electron chi connectivity index (χ3n) is 3.93. The Bertz CT molecular complexity index is 642. The highest BCUT2D eigenvalue weighted by Crippen LogP contribution is 2.39. The van der Waals surface area contributed by atoms with Crippen LogP contribution in [0.25, 0.3) is 0 Å². The smallest absolute Gasteiger partial charge is 0.0649 e. The maximum absolute atomic E-state index is 6.52. The second-order valence-electron chi connectivity index (χ2n) is 5.38. The summed E-state index contributed by atoms with van der Waals surface area (Å²) in [5.41, 5.74) is 4.75. The van der Waals surface area contributed by atoms with Crippen molar-refractivity contribution in [2.45, 2.75) is 6.54 Å². The first kappa shape index (κ1) is 14.2. The molecule has 0 saturated heterocycles. The minimum absolute atomic E-state index is 0.808. The number of fused-ring (bicyclic) bond motifs is 1. The van der Waals surface area contributed by atoms with Crippen molar-refractivity contribution >= 4 is 28.7 Å². The Kier molecular flexibility index (Phi) is 4.04. The van der Waals surface area contributed by atoms with Crippen LogP contribution in [0.3, 0.4) is 0 Å². The number of likely N-dealkylation sites (N-methyl/N-ethyl adjacent to an activating group) is 1. The SMILES string of the molecule is CNCc1ccc(N2CCN(C)c3ccccc32)c(Cl)c1. The molecule has 1 aliphatic heterocycles. The van der Waals surface area contributed by atoms with E-state index in [0.717, 1.165) is 30.3 Å². The van der Waals surface area contributed by atoms with Crippen LogP contribution in [0, 0.1) is 0 Å². The first-order chi connectivity index (χ1) is 10.2. The van der Waals surface area contributed by atoms with Crippen LogP contribution in [0.2, 0.25) is 5.02 Å².